The Hall–Kier alpha value is -2.16. The molecule has 0 aliphatic heterocycles. The lowest BCUT2D eigenvalue weighted by molar-refractivity contribution is 0.133. The van der Waals surface area contributed by atoms with Crippen LogP contribution in [0.3, 0.4) is 0 Å². The summed E-state index contributed by atoms with van der Waals surface area (Å²) in [6.45, 7) is 4.08. The molecule has 0 spiro atoms. The predicted octanol–water partition coefficient (Wildman–Crippen LogP) is 4.60. The van der Waals surface area contributed by atoms with E-state index in [1.54, 1.807) is 0 Å². The van der Waals surface area contributed by atoms with Gasteiger partial charge in [-0.25, -0.2) is 0 Å². The van der Waals surface area contributed by atoms with Crippen molar-refractivity contribution in [1.82, 2.24) is 0 Å². The van der Waals surface area contributed by atoms with E-state index in [1.807, 2.05) is 13.8 Å². The van der Waals surface area contributed by atoms with Crippen LogP contribution in [0.25, 0.3) is 32.3 Å². The molecule has 0 radical (unpaired) electrons. The van der Waals surface area contributed by atoms with Crippen LogP contribution in [0.15, 0.2) is 54.6 Å². The van der Waals surface area contributed by atoms with Gasteiger partial charge < -0.3 is 10.8 Å². The average Bonchev–Trinajstić information content (AvgIpc) is 2.59. The van der Waals surface area contributed by atoms with Gasteiger partial charge in [0.2, 0.25) is 0 Å². The van der Waals surface area contributed by atoms with Gasteiger partial charge in [0.1, 0.15) is 0 Å². The van der Waals surface area contributed by atoms with E-state index in [0.29, 0.717) is 0 Å². The van der Waals surface area contributed by atoms with Crippen molar-refractivity contribution in [3.05, 3.63) is 60.2 Å². The van der Waals surface area contributed by atoms with Crippen LogP contribution in [0.2, 0.25) is 0 Å². The predicted molar refractivity (Wildman–Crippen MR) is 97.9 cm³/mol. The Morgan fingerprint density at radius 1 is 0.870 bits per heavy atom. The second kappa shape index (κ2) is 4.92. The molecule has 0 aliphatic rings. The van der Waals surface area contributed by atoms with Crippen LogP contribution >= 0.6 is 0 Å². The summed E-state index contributed by atoms with van der Waals surface area (Å²) in [5, 5.41) is 17.2. The van der Waals surface area contributed by atoms with E-state index in [1.165, 1.54) is 32.3 Å². The van der Waals surface area contributed by atoms with E-state index >= 15 is 0 Å². The SMILES string of the molecule is CC(C)(CO)[C@@H](N)c1ccc2ccc3cccc4ccc1c2c34. The summed E-state index contributed by atoms with van der Waals surface area (Å²) in [7, 11) is 0. The summed E-state index contributed by atoms with van der Waals surface area (Å²) in [4.78, 5) is 0. The van der Waals surface area contributed by atoms with Gasteiger partial charge in [0, 0.05) is 18.1 Å². The first-order valence-electron chi connectivity index (χ1n) is 8.06. The number of hydrogen-bond donors (Lipinski definition) is 2. The molecule has 0 bridgehead atoms. The van der Waals surface area contributed by atoms with Crippen molar-refractivity contribution in [1.29, 1.82) is 0 Å². The monoisotopic (exact) mass is 303 g/mol. The Morgan fingerprint density at radius 2 is 1.43 bits per heavy atom. The molecule has 0 saturated heterocycles. The molecule has 116 valence electrons. The van der Waals surface area contributed by atoms with Crippen LogP contribution in [-0.4, -0.2) is 11.7 Å². The highest BCUT2D eigenvalue weighted by molar-refractivity contribution is 6.23. The molecule has 1 atom stereocenters. The molecule has 4 rings (SSSR count). The number of benzene rings is 4. The number of nitrogens with two attached hydrogens (primary N) is 1. The maximum Gasteiger partial charge on any atom is 0.0500 e. The molecule has 23 heavy (non-hydrogen) atoms. The van der Waals surface area contributed by atoms with Gasteiger partial charge in [-0.15, -0.1) is 0 Å². The Morgan fingerprint density at radius 3 is 2.09 bits per heavy atom. The second-order valence-corrected chi connectivity index (χ2v) is 7.14. The summed E-state index contributed by atoms with van der Waals surface area (Å²) in [5.74, 6) is 0. The largest absolute Gasteiger partial charge is 0.396 e. The van der Waals surface area contributed by atoms with E-state index in [9.17, 15) is 5.11 Å². The standard InChI is InChI=1S/C21H21NO/c1-21(2,12-23)20(22)17-11-9-15-7-6-13-4-3-5-14-8-10-16(17)19(15)18(13)14/h3-11,20,23H,12,22H2,1-2H3/t20-/m0/s1. The first-order chi connectivity index (χ1) is 11.0. The number of aliphatic hydroxyl groups excluding tert-OH is 1. The van der Waals surface area contributed by atoms with Crippen LogP contribution in [-0.2, 0) is 0 Å². The van der Waals surface area contributed by atoms with Crippen molar-refractivity contribution >= 4 is 32.3 Å². The highest BCUT2D eigenvalue weighted by Crippen LogP contribution is 2.40. The number of aliphatic hydroxyl groups is 1. The fourth-order valence-electron chi connectivity index (χ4n) is 3.55. The van der Waals surface area contributed by atoms with Crippen molar-refractivity contribution in [2.45, 2.75) is 19.9 Å². The molecule has 2 heteroatoms. The molecule has 0 saturated carbocycles. The lowest BCUT2D eigenvalue weighted by atomic mass is 9.79. The maximum atomic E-state index is 9.69. The summed E-state index contributed by atoms with van der Waals surface area (Å²) >= 11 is 0. The van der Waals surface area contributed by atoms with Gasteiger partial charge in [0.15, 0.2) is 0 Å². The zero-order valence-electron chi connectivity index (χ0n) is 13.5. The van der Waals surface area contributed by atoms with Crippen LogP contribution in [0.1, 0.15) is 25.5 Å². The third kappa shape index (κ3) is 2.03. The minimum atomic E-state index is -0.358. The molecule has 0 aromatic heterocycles. The van der Waals surface area contributed by atoms with Gasteiger partial charge in [-0.2, -0.15) is 0 Å². The van der Waals surface area contributed by atoms with Gasteiger partial charge in [-0.3, -0.25) is 0 Å². The molecule has 0 unspecified atom stereocenters. The third-order valence-electron chi connectivity index (χ3n) is 5.15. The van der Waals surface area contributed by atoms with Crippen LogP contribution in [0, 0.1) is 5.41 Å². The Balaban J connectivity index is 2.12. The average molecular weight is 303 g/mol. The Kier molecular flexibility index (Phi) is 3.09. The van der Waals surface area contributed by atoms with Crippen LogP contribution in [0.5, 0.6) is 0 Å². The lowest BCUT2D eigenvalue weighted by Gasteiger charge is -2.31. The first kappa shape index (κ1) is 14.4. The normalized spacial score (nSPS) is 14.1. The Bertz CT molecular complexity index is 987. The molecule has 0 fully saturated rings. The van der Waals surface area contributed by atoms with Gasteiger partial charge in [0.05, 0.1) is 0 Å². The molecule has 3 N–H and O–H groups in total. The topological polar surface area (TPSA) is 46.2 Å². The van der Waals surface area contributed by atoms with Crippen molar-refractivity contribution in [3.8, 4) is 0 Å². The molecule has 0 amide bonds. The van der Waals surface area contributed by atoms with Gasteiger partial charge in [0.25, 0.3) is 0 Å². The third-order valence-corrected chi connectivity index (χ3v) is 5.15. The molecule has 4 aromatic carbocycles. The summed E-state index contributed by atoms with van der Waals surface area (Å²) in [5.41, 5.74) is 7.27. The van der Waals surface area contributed by atoms with E-state index in [0.717, 1.165) is 5.56 Å². The molecule has 4 aromatic rings. The van der Waals surface area contributed by atoms with E-state index < -0.39 is 0 Å². The number of hydrogen-bond acceptors (Lipinski definition) is 2. The first-order valence-corrected chi connectivity index (χ1v) is 8.06. The van der Waals surface area contributed by atoms with E-state index in [4.69, 9.17) is 5.73 Å². The Labute approximate surface area is 135 Å². The van der Waals surface area contributed by atoms with Crippen LogP contribution < -0.4 is 5.73 Å². The summed E-state index contributed by atoms with van der Waals surface area (Å²) in [6.07, 6.45) is 0. The smallest absolute Gasteiger partial charge is 0.0500 e. The fraction of sp³-hybridized carbons (Fsp3) is 0.238. The molecule has 2 nitrogen and oxygen atoms in total. The number of rotatable bonds is 3. The van der Waals surface area contributed by atoms with Crippen LogP contribution in [0.4, 0.5) is 0 Å². The lowest BCUT2D eigenvalue weighted by Crippen LogP contribution is -2.32. The van der Waals surface area contributed by atoms with Gasteiger partial charge in [-0.05, 0) is 37.9 Å². The zero-order chi connectivity index (χ0) is 16.2. The summed E-state index contributed by atoms with van der Waals surface area (Å²) < 4.78 is 0. The minimum Gasteiger partial charge on any atom is -0.396 e. The quantitative estimate of drug-likeness (QED) is 0.543. The van der Waals surface area contributed by atoms with E-state index in [2.05, 4.69) is 54.6 Å². The molecule has 0 aliphatic carbocycles. The van der Waals surface area contributed by atoms with Gasteiger partial charge >= 0.3 is 0 Å². The molecular weight excluding hydrogens is 282 g/mol. The van der Waals surface area contributed by atoms with E-state index in [-0.39, 0.29) is 18.1 Å². The second-order valence-electron chi connectivity index (χ2n) is 7.14. The summed E-state index contributed by atoms with van der Waals surface area (Å²) in [6, 6.07) is 19.2. The maximum absolute atomic E-state index is 9.69. The highest BCUT2D eigenvalue weighted by atomic mass is 16.3. The molecule has 0 heterocycles. The fourth-order valence-corrected chi connectivity index (χ4v) is 3.55. The minimum absolute atomic E-state index is 0.0656. The van der Waals surface area contributed by atoms with Crippen molar-refractivity contribution in [2.75, 3.05) is 6.61 Å². The van der Waals surface area contributed by atoms with Crippen molar-refractivity contribution in [2.24, 2.45) is 11.1 Å². The highest BCUT2D eigenvalue weighted by Gasteiger charge is 2.28. The van der Waals surface area contributed by atoms with Crippen molar-refractivity contribution in [3.63, 3.8) is 0 Å². The van der Waals surface area contributed by atoms with Gasteiger partial charge in [-0.1, -0.05) is 68.4 Å². The molecular formula is C21H21NO. The zero-order valence-corrected chi connectivity index (χ0v) is 13.5. The van der Waals surface area contributed by atoms with Crippen molar-refractivity contribution < 1.29 is 5.11 Å².